The summed E-state index contributed by atoms with van der Waals surface area (Å²) >= 11 is 0. The summed E-state index contributed by atoms with van der Waals surface area (Å²) in [5, 5.41) is 0. The molecule has 0 aliphatic carbocycles. The zero-order valence-electron chi connectivity index (χ0n) is 12.4. The number of nitrogens with two attached hydrogens (primary N) is 1. The van der Waals surface area contributed by atoms with E-state index in [9.17, 15) is 0 Å². The van der Waals surface area contributed by atoms with E-state index in [1.165, 1.54) is 0 Å². The molecule has 1 heterocycles. The van der Waals surface area contributed by atoms with Crippen LogP contribution in [0.3, 0.4) is 0 Å². The van der Waals surface area contributed by atoms with E-state index < -0.39 is 0 Å². The van der Waals surface area contributed by atoms with Gasteiger partial charge in [0, 0.05) is 13.1 Å². The zero-order valence-corrected chi connectivity index (χ0v) is 12.4. The van der Waals surface area contributed by atoms with Crippen molar-refractivity contribution in [2.75, 3.05) is 30.8 Å². The van der Waals surface area contributed by atoms with Crippen LogP contribution in [0.2, 0.25) is 0 Å². The number of para-hydroxylation sites is 2. The Morgan fingerprint density at radius 1 is 1.05 bits per heavy atom. The van der Waals surface area contributed by atoms with Crippen molar-refractivity contribution >= 4 is 11.9 Å². The smallest absolute Gasteiger partial charge is 0.328 e. The fourth-order valence-electron chi connectivity index (χ4n) is 1.86. The summed E-state index contributed by atoms with van der Waals surface area (Å²) in [5.74, 6) is 1.74. The molecule has 2 aromatic rings. The number of rotatable bonds is 6. The first-order valence-corrected chi connectivity index (χ1v) is 6.75. The lowest BCUT2D eigenvalue weighted by Gasteiger charge is -2.18. The Bertz CT molecular complexity index is 602. The van der Waals surface area contributed by atoms with Gasteiger partial charge in [0.1, 0.15) is 0 Å². The Morgan fingerprint density at radius 3 is 2.33 bits per heavy atom. The van der Waals surface area contributed by atoms with E-state index in [0.29, 0.717) is 17.4 Å². The predicted octanol–water partition coefficient (Wildman–Crippen LogP) is 2.10. The van der Waals surface area contributed by atoms with Gasteiger partial charge in [-0.25, -0.2) is 0 Å². The number of hydrogen-bond acceptors (Lipinski definition) is 7. The fraction of sp³-hybridized carbons (Fsp3) is 0.357. The van der Waals surface area contributed by atoms with Gasteiger partial charge in [0.05, 0.1) is 7.11 Å². The molecular weight excluding hydrogens is 270 g/mol. The minimum atomic E-state index is 0.122. The Labute approximate surface area is 123 Å². The van der Waals surface area contributed by atoms with Crippen molar-refractivity contribution in [2.45, 2.75) is 13.8 Å². The second kappa shape index (κ2) is 6.74. The minimum Gasteiger partial charge on any atom is -0.493 e. The molecule has 2 N–H and O–H groups in total. The molecule has 0 aliphatic heterocycles. The number of hydrogen-bond donors (Lipinski definition) is 1. The van der Waals surface area contributed by atoms with Crippen LogP contribution in [-0.4, -0.2) is 35.2 Å². The van der Waals surface area contributed by atoms with Crippen LogP contribution in [0.5, 0.6) is 17.5 Å². The maximum Gasteiger partial charge on any atom is 0.328 e. The first kappa shape index (κ1) is 14.8. The second-order valence-electron chi connectivity index (χ2n) is 4.20. The molecule has 0 spiro atoms. The molecule has 2 rings (SSSR count). The van der Waals surface area contributed by atoms with Gasteiger partial charge in [-0.1, -0.05) is 12.1 Å². The van der Waals surface area contributed by atoms with Crippen LogP contribution in [-0.2, 0) is 0 Å². The Morgan fingerprint density at radius 2 is 1.71 bits per heavy atom. The lowest BCUT2D eigenvalue weighted by atomic mass is 10.3. The molecule has 1 aromatic carbocycles. The van der Waals surface area contributed by atoms with E-state index in [1.807, 2.05) is 30.9 Å². The van der Waals surface area contributed by atoms with Crippen LogP contribution >= 0.6 is 0 Å². The summed E-state index contributed by atoms with van der Waals surface area (Å²) in [7, 11) is 1.57. The number of aromatic nitrogens is 3. The maximum atomic E-state index is 5.73. The number of ether oxygens (including phenoxy) is 2. The van der Waals surface area contributed by atoms with Gasteiger partial charge in [0.2, 0.25) is 11.9 Å². The highest BCUT2D eigenvalue weighted by Crippen LogP contribution is 2.29. The van der Waals surface area contributed by atoms with Crippen molar-refractivity contribution in [3.8, 4) is 17.5 Å². The van der Waals surface area contributed by atoms with Crippen molar-refractivity contribution in [2.24, 2.45) is 0 Å². The Kier molecular flexibility index (Phi) is 4.76. The van der Waals surface area contributed by atoms with Gasteiger partial charge in [0.25, 0.3) is 0 Å². The highest BCUT2D eigenvalue weighted by Gasteiger charge is 2.12. The molecule has 0 atom stereocenters. The molecule has 21 heavy (non-hydrogen) atoms. The molecule has 1 aromatic heterocycles. The monoisotopic (exact) mass is 289 g/mol. The predicted molar refractivity (Wildman–Crippen MR) is 80.9 cm³/mol. The van der Waals surface area contributed by atoms with Crippen LogP contribution in [0, 0.1) is 0 Å². The van der Waals surface area contributed by atoms with E-state index in [0.717, 1.165) is 13.1 Å². The Balaban J connectivity index is 2.32. The summed E-state index contributed by atoms with van der Waals surface area (Å²) in [5.41, 5.74) is 5.73. The summed E-state index contributed by atoms with van der Waals surface area (Å²) in [6, 6.07) is 7.41. The number of anilines is 2. The molecular formula is C14H19N5O2. The summed E-state index contributed by atoms with van der Waals surface area (Å²) in [6.45, 7) is 5.58. The van der Waals surface area contributed by atoms with Gasteiger partial charge in [-0.2, -0.15) is 15.0 Å². The van der Waals surface area contributed by atoms with E-state index in [1.54, 1.807) is 19.2 Å². The summed E-state index contributed by atoms with van der Waals surface area (Å²) < 4.78 is 10.9. The van der Waals surface area contributed by atoms with Crippen molar-refractivity contribution in [3.05, 3.63) is 24.3 Å². The van der Waals surface area contributed by atoms with E-state index >= 15 is 0 Å². The number of methoxy groups -OCH3 is 1. The molecule has 0 unspecified atom stereocenters. The average molecular weight is 289 g/mol. The van der Waals surface area contributed by atoms with Crippen LogP contribution < -0.4 is 20.1 Å². The number of nitrogen functional groups attached to an aromatic ring is 1. The van der Waals surface area contributed by atoms with Gasteiger partial charge in [-0.3, -0.25) is 0 Å². The number of nitrogens with zero attached hydrogens (tertiary/aromatic N) is 4. The van der Waals surface area contributed by atoms with Crippen molar-refractivity contribution in [1.29, 1.82) is 0 Å². The van der Waals surface area contributed by atoms with Crippen molar-refractivity contribution < 1.29 is 9.47 Å². The first-order valence-electron chi connectivity index (χ1n) is 6.75. The van der Waals surface area contributed by atoms with Gasteiger partial charge in [-0.05, 0) is 26.0 Å². The standard InChI is InChI=1S/C14H19N5O2/c1-4-19(5-2)13-16-12(15)17-14(18-13)21-11-9-7-6-8-10(11)20-3/h6-9H,4-5H2,1-3H3,(H2,15,16,17,18). The van der Waals surface area contributed by atoms with Crippen LogP contribution in [0.25, 0.3) is 0 Å². The molecule has 0 aliphatic rings. The van der Waals surface area contributed by atoms with Crippen LogP contribution in [0.15, 0.2) is 24.3 Å². The molecule has 7 nitrogen and oxygen atoms in total. The topological polar surface area (TPSA) is 86.4 Å². The van der Waals surface area contributed by atoms with E-state index in [4.69, 9.17) is 15.2 Å². The Hall–Kier alpha value is -2.57. The third kappa shape index (κ3) is 3.50. The minimum absolute atomic E-state index is 0.122. The molecule has 0 fully saturated rings. The van der Waals surface area contributed by atoms with Crippen LogP contribution in [0.1, 0.15) is 13.8 Å². The quantitative estimate of drug-likeness (QED) is 0.871. The number of benzene rings is 1. The summed E-state index contributed by atoms with van der Waals surface area (Å²) in [6.07, 6.45) is 0. The molecule has 7 heteroatoms. The fourth-order valence-corrected chi connectivity index (χ4v) is 1.86. The molecule has 0 radical (unpaired) electrons. The van der Waals surface area contributed by atoms with Gasteiger partial charge in [0.15, 0.2) is 11.5 Å². The molecule has 0 saturated heterocycles. The highest BCUT2D eigenvalue weighted by atomic mass is 16.5. The second-order valence-corrected chi connectivity index (χ2v) is 4.20. The van der Waals surface area contributed by atoms with E-state index in [2.05, 4.69) is 15.0 Å². The zero-order chi connectivity index (χ0) is 15.2. The molecule has 0 amide bonds. The molecule has 0 saturated carbocycles. The lowest BCUT2D eigenvalue weighted by molar-refractivity contribution is 0.367. The van der Waals surface area contributed by atoms with Crippen LogP contribution in [0.4, 0.5) is 11.9 Å². The third-order valence-electron chi connectivity index (χ3n) is 2.94. The maximum absolute atomic E-state index is 5.73. The lowest BCUT2D eigenvalue weighted by Crippen LogP contribution is -2.25. The molecule has 0 bridgehead atoms. The first-order chi connectivity index (χ1) is 10.2. The average Bonchev–Trinajstić information content (AvgIpc) is 2.48. The summed E-state index contributed by atoms with van der Waals surface area (Å²) in [4.78, 5) is 14.4. The van der Waals surface area contributed by atoms with Crippen molar-refractivity contribution in [3.63, 3.8) is 0 Å². The third-order valence-corrected chi connectivity index (χ3v) is 2.94. The van der Waals surface area contributed by atoms with Gasteiger partial charge >= 0.3 is 6.01 Å². The SMILES string of the molecule is CCN(CC)c1nc(N)nc(Oc2ccccc2OC)n1. The normalized spacial score (nSPS) is 10.2. The largest absolute Gasteiger partial charge is 0.493 e. The van der Waals surface area contributed by atoms with Gasteiger partial charge in [-0.15, -0.1) is 0 Å². The molecule has 112 valence electrons. The van der Waals surface area contributed by atoms with Crippen molar-refractivity contribution in [1.82, 2.24) is 15.0 Å². The highest BCUT2D eigenvalue weighted by molar-refractivity contribution is 5.42. The van der Waals surface area contributed by atoms with Gasteiger partial charge < -0.3 is 20.1 Å². The van der Waals surface area contributed by atoms with E-state index in [-0.39, 0.29) is 12.0 Å².